The molecule has 2 aliphatic rings. The van der Waals surface area contributed by atoms with Gasteiger partial charge >= 0.3 is 0 Å². The SMILES string of the molecule is CC(=O)N1CCN(c2ccc(CN3C(C)CCC(c4ccccc4)S3(=O)=O)c(F)c2)CC1. The lowest BCUT2D eigenvalue weighted by atomic mass is 10.0. The van der Waals surface area contributed by atoms with Crippen molar-refractivity contribution in [1.82, 2.24) is 9.21 Å². The second-order valence-electron chi connectivity index (χ2n) is 8.68. The van der Waals surface area contributed by atoms with Crippen molar-refractivity contribution in [3.8, 4) is 0 Å². The maximum Gasteiger partial charge on any atom is 0.221 e. The standard InChI is InChI=1S/C24H30FN3O3S/c1-18-8-11-24(20-6-4-3-5-7-20)32(30,31)28(18)17-21-9-10-22(16-23(21)25)27-14-12-26(13-15-27)19(2)29/h3-7,9-10,16,18,24H,8,11-15,17H2,1-2H3. The Morgan fingerprint density at radius 3 is 2.34 bits per heavy atom. The van der Waals surface area contributed by atoms with Crippen molar-refractivity contribution in [3.63, 3.8) is 0 Å². The number of carbonyl (C=O) groups excluding carboxylic acids is 1. The summed E-state index contributed by atoms with van der Waals surface area (Å²) in [5, 5.41) is -0.597. The highest BCUT2D eigenvalue weighted by Crippen LogP contribution is 2.38. The molecule has 2 aromatic carbocycles. The van der Waals surface area contributed by atoms with Crippen LogP contribution in [0.3, 0.4) is 0 Å². The van der Waals surface area contributed by atoms with Gasteiger partial charge in [-0.05, 0) is 37.5 Å². The van der Waals surface area contributed by atoms with Crippen molar-refractivity contribution >= 4 is 21.6 Å². The molecule has 1 amide bonds. The lowest BCUT2D eigenvalue weighted by Gasteiger charge is -2.38. The molecule has 2 unspecified atom stereocenters. The highest BCUT2D eigenvalue weighted by Gasteiger charge is 2.40. The molecule has 2 fully saturated rings. The maximum atomic E-state index is 15.1. The van der Waals surface area contributed by atoms with Crippen LogP contribution >= 0.6 is 0 Å². The van der Waals surface area contributed by atoms with Crippen LogP contribution in [0.1, 0.15) is 43.1 Å². The summed E-state index contributed by atoms with van der Waals surface area (Å²) in [5.74, 6) is -0.349. The van der Waals surface area contributed by atoms with Gasteiger partial charge in [-0.25, -0.2) is 12.8 Å². The van der Waals surface area contributed by atoms with Gasteiger partial charge in [0.15, 0.2) is 0 Å². The van der Waals surface area contributed by atoms with E-state index >= 15 is 4.39 Å². The first kappa shape index (κ1) is 22.7. The van der Waals surface area contributed by atoms with Crippen LogP contribution in [-0.2, 0) is 21.4 Å². The van der Waals surface area contributed by atoms with Gasteiger partial charge in [0.1, 0.15) is 11.1 Å². The lowest BCUT2D eigenvalue weighted by Crippen LogP contribution is -2.48. The second kappa shape index (κ2) is 9.19. The largest absolute Gasteiger partial charge is 0.368 e. The van der Waals surface area contributed by atoms with Crippen molar-refractivity contribution < 1.29 is 17.6 Å². The maximum absolute atomic E-state index is 15.1. The summed E-state index contributed by atoms with van der Waals surface area (Å²) < 4.78 is 43.3. The molecule has 4 rings (SSSR count). The molecular formula is C24H30FN3O3S. The summed E-state index contributed by atoms with van der Waals surface area (Å²) in [5.41, 5.74) is 1.91. The molecule has 2 aliphatic heterocycles. The number of anilines is 1. The number of benzene rings is 2. The summed E-state index contributed by atoms with van der Waals surface area (Å²) in [7, 11) is -3.61. The van der Waals surface area contributed by atoms with Crippen LogP contribution in [-0.4, -0.2) is 55.8 Å². The Labute approximate surface area is 189 Å². The van der Waals surface area contributed by atoms with Gasteiger partial charge in [0.2, 0.25) is 15.9 Å². The minimum absolute atomic E-state index is 0.0249. The molecule has 2 aromatic rings. The first-order chi connectivity index (χ1) is 15.3. The number of rotatable bonds is 4. The van der Waals surface area contributed by atoms with Crippen molar-refractivity contribution in [2.45, 2.75) is 44.5 Å². The summed E-state index contributed by atoms with van der Waals surface area (Å²) in [6.07, 6.45) is 1.30. The number of halogens is 1. The van der Waals surface area contributed by atoms with Crippen LogP contribution in [0.25, 0.3) is 0 Å². The zero-order chi connectivity index (χ0) is 22.9. The number of amides is 1. The number of nitrogens with zero attached hydrogens (tertiary/aromatic N) is 3. The molecule has 2 saturated heterocycles. The Morgan fingerprint density at radius 1 is 1.03 bits per heavy atom. The van der Waals surface area contributed by atoms with E-state index in [1.165, 1.54) is 10.4 Å². The van der Waals surface area contributed by atoms with E-state index in [4.69, 9.17) is 0 Å². The molecule has 172 valence electrons. The molecule has 2 heterocycles. The van der Waals surface area contributed by atoms with Gasteiger partial charge in [-0.2, -0.15) is 4.31 Å². The van der Waals surface area contributed by atoms with Crippen molar-refractivity contribution in [3.05, 3.63) is 65.5 Å². The molecule has 0 saturated carbocycles. The molecule has 32 heavy (non-hydrogen) atoms. The normalized spacial score (nSPS) is 23.8. The summed E-state index contributed by atoms with van der Waals surface area (Å²) >= 11 is 0. The third kappa shape index (κ3) is 4.52. The predicted octanol–water partition coefficient (Wildman–Crippen LogP) is 3.55. The topological polar surface area (TPSA) is 60.9 Å². The fraction of sp³-hybridized carbons (Fsp3) is 0.458. The van der Waals surface area contributed by atoms with Crippen LogP contribution in [0, 0.1) is 5.82 Å². The first-order valence-electron chi connectivity index (χ1n) is 11.1. The highest BCUT2D eigenvalue weighted by atomic mass is 32.2. The molecule has 0 spiro atoms. The monoisotopic (exact) mass is 459 g/mol. The zero-order valence-corrected chi connectivity index (χ0v) is 19.4. The third-order valence-electron chi connectivity index (χ3n) is 6.65. The Morgan fingerprint density at radius 2 is 1.72 bits per heavy atom. The van der Waals surface area contributed by atoms with Crippen molar-refractivity contribution in [2.24, 2.45) is 0 Å². The van der Waals surface area contributed by atoms with E-state index in [0.29, 0.717) is 38.2 Å². The summed E-state index contributed by atoms with van der Waals surface area (Å²) in [6, 6.07) is 14.1. The fourth-order valence-electron chi connectivity index (χ4n) is 4.66. The van der Waals surface area contributed by atoms with Gasteiger partial charge in [0.25, 0.3) is 0 Å². The number of hydrogen-bond donors (Lipinski definition) is 0. The fourth-order valence-corrected chi connectivity index (χ4v) is 6.85. The van der Waals surface area contributed by atoms with Gasteiger partial charge < -0.3 is 9.80 Å². The van der Waals surface area contributed by atoms with Gasteiger partial charge in [-0.1, -0.05) is 36.4 Å². The zero-order valence-electron chi connectivity index (χ0n) is 18.6. The Kier molecular flexibility index (Phi) is 6.53. The van der Waals surface area contributed by atoms with Gasteiger partial charge in [-0.15, -0.1) is 0 Å². The molecule has 0 radical (unpaired) electrons. The highest BCUT2D eigenvalue weighted by molar-refractivity contribution is 7.89. The van der Waals surface area contributed by atoms with Crippen LogP contribution < -0.4 is 4.90 Å². The Hall–Kier alpha value is -2.45. The third-order valence-corrected chi connectivity index (χ3v) is 9.02. The van der Waals surface area contributed by atoms with E-state index in [2.05, 4.69) is 4.90 Å². The van der Waals surface area contributed by atoms with E-state index in [1.54, 1.807) is 17.9 Å². The van der Waals surface area contributed by atoms with Gasteiger partial charge in [0.05, 0.1) is 0 Å². The summed E-state index contributed by atoms with van der Waals surface area (Å²) in [4.78, 5) is 15.4. The lowest BCUT2D eigenvalue weighted by molar-refractivity contribution is -0.129. The number of sulfonamides is 1. The van der Waals surface area contributed by atoms with Crippen molar-refractivity contribution in [1.29, 1.82) is 0 Å². The number of carbonyl (C=O) groups is 1. The smallest absolute Gasteiger partial charge is 0.221 e. The van der Waals surface area contributed by atoms with Crippen LogP contribution in [0.15, 0.2) is 48.5 Å². The Balaban J connectivity index is 1.51. The Bertz CT molecular complexity index is 1070. The molecule has 2 atom stereocenters. The average Bonchev–Trinajstić information content (AvgIpc) is 2.78. The molecule has 0 N–H and O–H groups in total. The summed E-state index contributed by atoms with van der Waals surface area (Å²) in [6.45, 7) is 5.99. The van der Waals surface area contributed by atoms with Gasteiger partial charge in [0, 0.05) is 56.9 Å². The minimum Gasteiger partial charge on any atom is -0.368 e. The molecule has 0 bridgehead atoms. The van der Waals surface area contributed by atoms with Crippen LogP contribution in [0.2, 0.25) is 0 Å². The molecule has 0 aliphatic carbocycles. The molecular weight excluding hydrogens is 429 g/mol. The van der Waals surface area contributed by atoms with E-state index in [0.717, 1.165) is 17.7 Å². The molecule has 6 nitrogen and oxygen atoms in total. The van der Waals surface area contributed by atoms with Crippen LogP contribution in [0.4, 0.5) is 10.1 Å². The van der Waals surface area contributed by atoms with Crippen molar-refractivity contribution in [2.75, 3.05) is 31.1 Å². The second-order valence-corrected chi connectivity index (χ2v) is 10.8. The van der Waals surface area contributed by atoms with Crippen LogP contribution in [0.5, 0.6) is 0 Å². The van der Waals surface area contributed by atoms with Gasteiger partial charge in [-0.3, -0.25) is 4.79 Å². The molecule has 0 aromatic heterocycles. The molecule has 8 heteroatoms. The van der Waals surface area contributed by atoms with E-state index in [-0.39, 0.29) is 18.5 Å². The average molecular weight is 460 g/mol. The number of piperazine rings is 1. The van der Waals surface area contributed by atoms with E-state index in [1.807, 2.05) is 43.3 Å². The minimum atomic E-state index is -3.61. The predicted molar refractivity (Wildman–Crippen MR) is 123 cm³/mol. The number of hydrogen-bond acceptors (Lipinski definition) is 4. The quantitative estimate of drug-likeness (QED) is 0.702. The first-order valence-corrected chi connectivity index (χ1v) is 12.6. The van der Waals surface area contributed by atoms with E-state index in [9.17, 15) is 13.2 Å². The van der Waals surface area contributed by atoms with E-state index < -0.39 is 21.1 Å².